The predicted molar refractivity (Wildman–Crippen MR) is 54.1 cm³/mol. The van der Waals surface area contributed by atoms with E-state index in [-0.39, 0.29) is 6.61 Å². The van der Waals surface area contributed by atoms with Crippen molar-refractivity contribution in [1.82, 2.24) is 0 Å². The molecule has 12 heavy (non-hydrogen) atoms. The fourth-order valence-corrected chi connectivity index (χ4v) is 2.15. The van der Waals surface area contributed by atoms with Crippen LogP contribution < -0.4 is 4.90 Å². The third-order valence-corrected chi connectivity index (χ3v) is 2.74. The summed E-state index contributed by atoms with van der Waals surface area (Å²) < 4.78 is 0. The van der Waals surface area contributed by atoms with Gasteiger partial charge in [0.05, 0.1) is 5.69 Å². The van der Waals surface area contributed by atoms with Gasteiger partial charge >= 0.3 is 0 Å². The van der Waals surface area contributed by atoms with Crippen LogP contribution in [-0.2, 0) is 6.42 Å². The maximum absolute atomic E-state index is 8.69. The van der Waals surface area contributed by atoms with Gasteiger partial charge in [0, 0.05) is 25.6 Å². The van der Waals surface area contributed by atoms with Crippen LogP contribution in [-0.4, -0.2) is 25.8 Å². The SMILES string of the molecule is CN(C)c1ccsc1CCCO. The molecule has 3 heteroatoms. The summed E-state index contributed by atoms with van der Waals surface area (Å²) in [4.78, 5) is 3.48. The van der Waals surface area contributed by atoms with E-state index in [4.69, 9.17) is 5.11 Å². The second kappa shape index (κ2) is 4.48. The number of nitrogens with zero attached hydrogens (tertiary/aromatic N) is 1. The molecular formula is C9H15NOS. The van der Waals surface area contributed by atoms with Crippen molar-refractivity contribution in [3.05, 3.63) is 16.3 Å². The van der Waals surface area contributed by atoms with E-state index in [1.54, 1.807) is 11.3 Å². The lowest BCUT2D eigenvalue weighted by molar-refractivity contribution is 0.289. The molecule has 0 aliphatic heterocycles. The quantitative estimate of drug-likeness (QED) is 0.772. The molecule has 0 atom stereocenters. The zero-order valence-electron chi connectivity index (χ0n) is 7.58. The average Bonchev–Trinajstić information content (AvgIpc) is 2.48. The largest absolute Gasteiger partial charge is 0.396 e. The normalized spacial score (nSPS) is 10.2. The van der Waals surface area contributed by atoms with Gasteiger partial charge in [0.2, 0.25) is 0 Å². The van der Waals surface area contributed by atoms with Crippen molar-refractivity contribution in [2.24, 2.45) is 0 Å². The molecule has 1 heterocycles. The number of aryl methyl sites for hydroxylation is 1. The van der Waals surface area contributed by atoms with Crippen molar-refractivity contribution >= 4 is 17.0 Å². The van der Waals surface area contributed by atoms with E-state index in [1.165, 1.54) is 10.6 Å². The molecule has 0 bridgehead atoms. The van der Waals surface area contributed by atoms with Crippen LogP contribution in [0.25, 0.3) is 0 Å². The first-order chi connectivity index (χ1) is 5.75. The molecule has 0 aromatic carbocycles. The van der Waals surface area contributed by atoms with Gasteiger partial charge in [-0.2, -0.15) is 0 Å². The van der Waals surface area contributed by atoms with E-state index in [9.17, 15) is 0 Å². The molecule has 1 aromatic rings. The Hall–Kier alpha value is -0.540. The Balaban J connectivity index is 2.64. The first-order valence-corrected chi connectivity index (χ1v) is 4.98. The monoisotopic (exact) mass is 185 g/mol. The molecule has 1 N–H and O–H groups in total. The number of aliphatic hydroxyl groups excluding tert-OH is 1. The predicted octanol–water partition coefficient (Wildman–Crippen LogP) is 1.74. The van der Waals surface area contributed by atoms with Crippen molar-refractivity contribution in [3.8, 4) is 0 Å². The molecule has 0 fully saturated rings. The number of hydrogen-bond acceptors (Lipinski definition) is 3. The zero-order valence-corrected chi connectivity index (χ0v) is 8.40. The van der Waals surface area contributed by atoms with Crippen molar-refractivity contribution in [1.29, 1.82) is 0 Å². The molecule has 0 unspecified atom stereocenters. The van der Waals surface area contributed by atoms with Crippen LogP contribution in [0.1, 0.15) is 11.3 Å². The minimum Gasteiger partial charge on any atom is -0.396 e. The van der Waals surface area contributed by atoms with Gasteiger partial charge in [0.15, 0.2) is 0 Å². The summed E-state index contributed by atoms with van der Waals surface area (Å²) in [5, 5.41) is 10.8. The van der Waals surface area contributed by atoms with Gasteiger partial charge in [0.1, 0.15) is 0 Å². The number of rotatable bonds is 4. The fourth-order valence-electron chi connectivity index (χ4n) is 1.16. The van der Waals surface area contributed by atoms with E-state index in [0.29, 0.717) is 0 Å². The first kappa shape index (κ1) is 9.55. The van der Waals surface area contributed by atoms with Crippen molar-refractivity contribution in [2.45, 2.75) is 12.8 Å². The molecule has 1 aromatic heterocycles. The Morgan fingerprint density at radius 1 is 1.50 bits per heavy atom. The van der Waals surface area contributed by atoms with Gasteiger partial charge in [0.25, 0.3) is 0 Å². The molecule has 0 radical (unpaired) electrons. The standard InChI is InChI=1S/C9H15NOS/c1-10(2)8-5-7-12-9(8)4-3-6-11/h5,7,11H,3-4,6H2,1-2H3. The molecule has 0 spiro atoms. The number of aliphatic hydroxyl groups is 1. The summed E-state index contributed by atoms with van der Waals surface area (Å²) in [5.41, 5.74) is 1.29. The summed E-state index contributed by atoms with van der Waals surface area (Å²) in [7, 11) is 4.09. The molecule has 1 rings (SSSR count). The van der Waals surface area contributed by atoms with E-state index in [1.807, 2.05) is 14.1 Å². The Morgan fingerprint density at radius 3 is 2.83 bits per heavy atom. The Bertz CT molecular complexity index is 232. The van der Waals surface area contributed by atoms with Crippen LogP contribution in [0.4, 0.5) is 5.69 Å². The molecule has 68 valence electrons. The van der Waals surface area contributed by atoms with Gasteiger partial charge in [-0.15, -0.1) is 11.3 Å². The third kappa shape index (κ3) is 2.22. The highest BCUT2D eigenvalue weighted by Crippen LogP contribution is 2.25. The minimum absolute atomic E-state index is 0.283. The minimum atomic E-state index is 0.283. The third-order valence-electron chi connectivity index (χ3n) is 1.77. The van der Waals surface area contributed by atoms with Gasteiger partial charge in [-0.1, -0.05) is 0 Å². The second-order valence-electron chi connectivity index (χ2n) is 2.95. The van der Waals surface area contributed by atoms with Gasteiger partial charge in [-0.05, 0) is 24.3 Å². The molecule has 0 aliphatic carbocycles. The van der Waals surface area contributed by atoms with Crippen LogP contribution in [0, 0.1) is 0 Å². The van der Waals surface area contributed by atoms with Crippen LogP contribution >= 0.6 is 11.3 Å². The summed E-state index contributed by atoms with van der Waals surface area (Å²) in [5.74, 6) is 0. The lowest BCUT2D eigenvalue weighted by Gasteiger charge is -2.12. The molecule has 0 amide bonds. The van der Waals surface area contributed by atoms with Gasteiger partial charge in [-0.25, -0.2) is 0 Å². The van der Waals surface area contributed by atoms with Crippen LogP contribution in [0.3, 0.4) is 0 Å². The molecule has 0 saturated carbocycles. The van der Waals surface area contributed by atoms with Gasteiger partial charge < -0.3 is 10.0 Å². The molecule has 0 saturated heterocycles. The highest BCUT2D eigenvalue weighted by atomic mass is 32.1. The summed E-state index contributed by atoms with van der Waals surface area (Å²) in [6.45, 7) is 0.283. The van der Waals surface area contributed by atoms with Crippen molar-refractivity contribution in [3.63, 3.8) is 0 Å². The molecule has 0 aliphatic rings. The van der Waals surface area contributed by atoms with E-state index >= 15 is 0 Å². The Morgan fingerprint density at radius 2 is 2.25 bits per heavy atom. The average molecular weight is 185 g/mol. The fraction of sp³-hybridized carbons (Fsp3) is 0.556. The number of hydrogen-bond donors (Lipinski definition) is 1. The summed E-state index contributed by atoms with van der Waals surface area (Å²) >= 11 is 1.77. The Labute approximate surface area is 77.5 Å². The maximum atomic E-state index is 8.69. The topological polar surface area (TPSA) is 23.5 Å². The van der Waals surface area contributed by atoms with E-state index in [0.717, 1.165) is 12.8 Å². The lowest BCUT2D eigenvalue weighted by atomic mass is 10.2. The molecular weight excluding hydrogens is 170 g/mol. The number of anilines is 1. The van der Waals surface area contributed by atoms with Crippen LogP contribution in [0.15, 0.2) is 11.4 Å². The summed E-state index contributed by atoms with van der Waals surface area (Å²) in [6.07, 6.45) is 1.85. The van der Waals surface area contributed by atoms with Crippen LogP contribution in [0.5, 0.6) is 0 Å². The summed E-state index contributed by atoms with van der Waals surface area (Å²) in [6, 6.07) is 2.12. The molecule has 2 nitrogen and oxygen atoms in total. The zero-order chi connectivity index (χ0) is 8.97. The second-order valence-corrected chi connectivity index (χ2v) is 3.95. The van der Waals surface area contributed by atoms with Crippen molar-refractivity contribution < 1.29 is 5.11 Å². The van der Waals surface area contributed by atoms with E-state index in [2.05, 4.69) is 16.3 Å². The smallest absolute Gasteiger partial charge is 0.0502 e. The lowest BCUT2D eigenvalue weighted by Crippen LogP contribution is -2.09. The van der Waals surface area contributed by atoms with Gasteiger partial charge in [-0.3, -0.25) is 0 Å². The van der Waals surface area contributed by atoms with Crippen LogP contribution in [0.2, 0.25) is 0 Å². The Kier molecular flexibility index (Phi) is 3.56. The highest BCUT2D eigenvalue weighted by Gasteiger charge is 2.04. The maximum Gasteiger partial charge on any atom is 0.0502 e. The van der Waals surface area contributed by atoms with Crippen molar-refractivity contribution in [2.75, 3.05) is 25.6 Å². The highest BCUT2D eigenvalue weighted by molar-refractivity contribution is 7.10. The number of thiophene rings is 1. The first-order valence-electron chi connectivity index (χ1n) is 4.10. The van der Waals surface area contributed by atoms with E-state index < -0.39 is 0 Å².